The van der Waals surface area contributed by atoms with Gasteiger partial charge in [0.05, 0.1) is 12.0 Å². The van der Waals surface area contributed by atoms with Crippen molar-refractivity contribution in [2.45, 2.75) is 12.0 Å². The van der Waals surface area contributed by atoms with E-state index in [1.54, 1.807) is 29.2 Å². The largest absolute Gasteiger partial charge is 0.508 e. The van der Waals surface area contributed by atoms with Crippen LogP contribution in [0.5, 0.6) is 0 Å². The minimum atomic E-state index is -0.312. The molecule has 1 saturated heterocycles. The van der Waals surface area contributed by atoms with E-state index < -0.39 is 0 Å². The predicted octanol–water partition coefficient (Wildman–Crippen LogP) is 2.87. The lowest BCUT2D eigenvalue weighted by molar-refractivity contribution is -0.124. The Kier molecular flexibility index (Phi) is 2.06. The van der Waals surface area contributed by atoms with Gasteiger partial charge in [-0.15, -0.1) is 0 Å². The van der Waals surface area contributed by atoms with E-state index in [-0.39, 0.29) is 28.9 Å². The summed E-state index contributed by atoms with van der Waals surface area (Å²) in [6, 6.07) is 5.99. The standard InChI is InChI=1S/C16H12FNO2/c17-10-1-3-11(4-2-10)18-15(20)9-16(18)13-7-5-12(19)6-8-14(13)16/h1-8,13,19H,9H2/t13-,16+/m0/s1. The molecule has 2 fully saturated rings. The molecule has 1 saturated carbocycles. The Bertz CT molecular complexity index is 702. The van der Waals surface area contributed by atoms with Gasteiger partial charge in [-0.2, -0.15) is 0 Å². The van der Waals surface area contributed by atoms with Crippen LogP contribution in [0.25, 0.3) is 0 Å². The monoisotopic (exact) mass is 269 g/mol. The van der Waals surface area contributed by atoms with Crippen molar-refractivity contribution in [3.63, 3.8) is 0 Å². The lowest BCUT2D eigenvalue weighted by Crippen LogP contribution is -2.56. The number of hydrogen-bond acceptors (Lipinski definition) is 2. The number of β-lactam (4-membered cyclic amide) rings is 1. The highest BCUT2D eigenvalue weighted by molar-refractivity contribution is 6.07. The van der Waals surface area contributed by atoms with E-state index in [1.165, 1.54) is 12.1 Å². The van der Waals surface area contributed by atoms with Gasteiger partial charge in [-0.3, -0.25) is 4.79 Å². The molecule has 1 N–H and O–H groups in total. The van der Waals surface area contributed by atoms with Gasteiger partial charge in [0.2, 0.25) is 5.91 Å². The van der Waals surface area contributed by atoms with Gasteiger partial charge in [-0.1, -0.05) is 12.2 Å². The topological polar surface area (TPSA) is 40.5 Å². The Balaban J connectivity index is 1.73. The van der Waals surface area contributed by atoms with Gasteiger partial charge in [0, 0.05) is 11.6 Å². The Morgan fingerprint density at radius 1 is 1.25 bits per heavy atom. The first-order valence-electron chi connectivity index (χ1n) is 6.51. The summed E-state index contributed by atoms with van der Waals surface area (Å²) in [4.78, 5) is 13.7. The number of hydrogen-bond donors (Lipinski definition) is 1. The number of allylic oxidation sites excluding steroid dienone is 3. The van der Waals surface area contributed by atoms with Crippen LogP contribution in [0, 0.1) is 11.7 Å². The number of nitrogens with zero attached hydrogens (tertiary/aromatic N) is 1. The average Bonchev–Trinajstić information content (AvgIpc) is 3.09. The summed E-state index contributed by atoms with van der Waals surface area (Å²) in [5.41, 5.74) is 1.56. The maximum Gasteiger partial charge on any atom is 0.230 e. The van der Waals surface area contributed by atoms with E-state index in [2.05, 4.69) is 0 Å². The van der Waals surface area contributed by atoms with E-state index in [1.807, 2.05) is 12.2 Å². The van der Waals surface area contributed by atoms with Crippen LogP contribution in [0.1, 0.15) is 6.42 Å². The predicted molar refractivity (Wildman–Crippen MR) is 72.7 cm³/mol. The summed E-state index contributed by atoms with van der Waals surface area (Å²) in [7, 11) is 0. The molecule has 0 radical (unpaired) electrons. The van der Waals surface area contributed by atoms with Gasteiger partial charge in [0.15, 0.2) is 0 Å². The van der Waals surface area contributed by atoms with Gasteiger partial charge in [0.25, 0.3) is 0 Å². The van der Waals surface area contributed by atoms with Crippen molar-refractivity contribution in [1.29, 1.82) is 0 Å². The van der Waals surface area contributed by atoms with Crippen LogP contribution in [-0.4, -0.2) is 16.6 Å². The number of benzene rings is 1. The number of rotatable bonds is 1. The molecule has 1 aliphatic heterocycles. The van der Waals surface area contributed by atoms with Crippen LogP contribution in [0.4, 0.5) is 10.1 Å². The third-order valence-corrected chi connectivity index (χ3v) is 4.31. The van der Waals surface area contributed by atoms with E-state index >= 15 is 0 Å². The molecule has 20 heavy (non-hydrogen) atoms. The summed E-state index contributed by atoms with van der Waals surface area (Å²) in [5.74, 6) is 0.102. The molecule has 1 heterocycles. The zero-order valence-electron chi connectivity index (χ0n) is 10.6. The van der Waals surface area contributed by atoms with Crippen molar-refractivity contribution < 1.29 is 14.3 Å². The number of carbonyl (C=O) groups excluding carboxylic acids is 1. The fourth-order valence-corrected chi connectivity index (χ4v) is 3.31. The maximum absolute atomic E-state index is 13.0. The zero-order valence-corrected chi connectivity index (χ0v) is 10.6. The molecule has 4 rings (SSSR count). The van der Waals surface area contributed by atoms with Crippen LogP contribution in [0.15, 0.2) is 59.9 Å². The van der Waals surface area contributed by atoms with Crippen LogP contribution < -0.4 is 4.90 Å². The average molecular weight is 269 g/mol. The normalized spacial score (nSPS) is 30.4. The molecule has 4 heteroatoms. The minimum absolute atomic E-state index is 0.0483. The van der Waals surface area contributed by atoms with Gasteiger partial charge < -0.3 is 10.0 Å². The fraction of sp³-hybridized carbons (Fsp3) is 0.188. The third kappa shape index (κ3) is 1.31. The summed E-state index contributed by atoms with van der Waals surface area (Å²) < 4.78 is 13.0. The second kappa shape index (κ2) is 3.60. The second-order valence-electron chi connectivity index (χ2n) is 5.36. The number of aliphatic hydroxyl groups is 1. The first-order valence-corrected chi connectivity index (χ1v) is 6.51. The summed E-state index contributed by atoms with van der Waals surface area (Å²) in [5, 5.41) is 9.46. The lowest BCUT2D eigenvalue weighted by Gasteiger charge is -2.42. The van der Waals surface area contributed by atoms with Crippen molar-refractivity contribution in [2.24, 2.45) is 5.92 Å². The van der Waals surface area contributed by atoms with Crippen molar-refractivity contribution in [3.8, 4) is 0 Å². The zero-order chi connectivity index (χ0) is 13.9. The van der Waals surface area contributed by atoms with E-state index in [0.717, 1.165) is 11.3 Å². The van der Waals surface area contributed by atoms with Gasteiger partial charge in [-0.25, -0.2) is 4.39 Å². The van der Waals surface area contributed by atoms with E-state index in [0.29, 0.717) is 6.42 Å². The molecule has 0 aromatic heterocycles. The summed E-state index contributed by atoms with van der Waals surface area (Å²) in [6.07, 6.45) is 7.58. The molecule has 2 aliphatic carbocycles. The van der Waals surface area contributed by atoms with E-state index in [9.17, 15) is 14.3 Å². The van der Waals surface area contributed by atoms with Crippen molar-refractivity contribution in [3.05, 3.63) is 65.7 Å². The molecule has 1 aromatic carbocycles. The molecule has 3 aliphatic rings. The molecular formula is C16H12FNO2. The number of fused-ring (bicyclic) bond motifs is 3. The first kappa shape index (κ1) is 11.5. The Hall–Kier alpha value is -2.36. The van der Waals surface area contributed by atoms with Crippen molar-refractivity contribution in [2.75, 3.05) is 4.90 Å². The third-order valence-electron chi connectivity index (χ3n) is 4.31. The Morgan fingerprint density at radius 2 is 2.00 bits per heavy atom. The minimum Gasteiger partial charge on any atom is -0.508 e. The molecule has 0 unspecified atom stereocenters. The maximum atomic E-state index is 13.0. The van der Waals surface area contributed by atoms with Gasteiger partial charge in [-0.05, 0) is 42.0 Å². The smallest absolute Gasteiger partial charge is 0.230 e. The van der Waals surface area contributed by atoms with Crippen molar-refractivity contribution in [1.82, 2.24) is 0 Å². The van der Waals surface area contributed by atoms with Crippen LogP contribution in [0.3, 0.4) is 0 Å². The number of halogens is 1. The highest BCUT2D eigenvalue weighted by atomic mass is 19.1. The highest BCUT2D eigenvalue weighted by Gasteiger charge is 2.70. The summed E-state index contributed by atoms with van der Waals surface area (Å²) in [6.45, 7) is 0. The number of aliphatic hydroxyl groups excluding tert-OH is 1. The van der Waals surface area contributed by atoms with E-state index in [4.69, 9.17) is 0 Å². The van der Waals surface area contributed by atoms with Crippen LogP contribution >= 0.6 is 0 Å². The van der Waals surface area contributed by atoms with Crippen LogP contribution in [-0.2, 0) is 4.79 Å². The SMILES string of the molecule is O=C1C[C@@]2(C3=CC=C(O)C=C[C@@H]32)N1c1ccc(F)cc1. The molecule has 100 valence electrons. The second-order valence-corrected chi connectivity index (χ2v) is 5.36. The molecule has 1 aromatic rings. The highest BCUT2D eigenvalue weighted by Crippen LogP contribution is 2.64. The molecular weight excluding hydrogens is 257 g/mol. The fourth-order valence-electron chi connectivity index (χ4n) is 3.31. The molecule has 2 atom stereocenters. The van der Waals surface area contributed by atoms with Crippen molar-refractivity contribution >= 4 is 11.6 Å². The quantitative estimate of drug-likeness (QED) is 0.796. The number of carbonyl (C=O) groups is 1. The lowest BCUT2D eigenvalue weighted by atomic mass is 9.93. The number of amides is 1. The number of anilines is 1. The Labute approximate surface area is 115 Å². The van der Waals surface area contributed by atoms with Gasteiger partial charge in [0.1, 0.15) is 11.6 Å². The molecule has 1 amide bonds. The molecule has 3 nitrogen and oxygen atoms in total. The van der Waals surface area contributed by atoms with Crippen LogP contribution in [0.2, 0.25) is 0 Å². The molecule has 0 bridgehead atoms. The Morgan fingerprint density at radius 3 is 2.70 bits per heavy atom. The van der Waals surface area contributed by atoms with Gasteiger partial charge >= 0.3 is 0 Å². The summed E-state index contributed by atoms with van der Waals surface area (Å²) >= 11 is 0. The first-order chi connectivity index (χ1) is 9.63. The molecule has 1 spiro atoms.